The molecule has 1 rings (SSSR count). The van der Waals surface area contributed by atoms with Crippen LogP contribution in [0.4, 0.5) is 4.79 Å². The van der Waals surface area contributed by atoms with Gasteiger partial charge in [0.05, 0.1) is 12.6 Å². The Bertz CT molecular complexity index is 318. The average Bonchev–Trinajstić information content (AvgIpc) is 2.74. The number of amides is 3. The molecule has 0 aromatic carbocycles. The molecule has 0 saturated carbocycles. The zero-order chi connectivity index (χ0) is 14.4. The third-order valence-electron chi connectivity index (χ3n) is 3.28. The van der Waals surface area contributed by atoms with Gasteiger partial charge in [0.1, 0.15) is 0 Å². The summed E-state index contributed by atoms with van der Waals surface area (Å²) >= 11 is 0. The van der Waals surface area contributed by atoms with Crippen LogP contribution < -0.4 is 10.6 Å². The van der Waals surface area contributed by atoms with E-state index in [2.05, 4.69) is 10.6 Å². The fourth-order valence-electron chi connectivity index (χ4n) is 2.11. The number of hydrogen-bond donors (Lipinski definition) is 3. The van der Waals surface area contributed by atoms with E-state index in [1.165, 1.54) is 0 Å². The fourth-order valence-corrected chi connectivity index (χ4v) is 2.11. The Labute approximate surface area is 114 Å². The lowest BCUT2D eigenvalue weighted by Gasteiger charge is -2.16. The minimum absolute atomic E-state index is 0.207. The summed E-state index contributed by atoms with van der Waals surface area (Å²) in [5.74, 6) is 0.279. The van der Waals surface area contributed by atoms with Crippen LogP contribution in [0.2, 0.25) is 0 Å². The molecular formula is C13H25N3O3. The van der Waals surface area contributed by atoms with E-state index in [9.17, 15) is 14.7 Å². The van der Waals surface area contributed by atoms with Gasteiger partial charge in [0.25, 0.3) is 0 Å². The normalized spacial score (nSPS) is 21.4. The van der Waals surface area contributed by atoms with Crippen molar-refractivity contribution in [3.8, 4) is 0 Å². The van der Waals surface area contributed by atoms with Gasteiger partial charge in [-0.2, -0.15) is 0 Å². The van der Waals surface area contributed by atoms with E-state index in [1.54, 1.807) is 6.92 Å². The van der Waals surface area contributed by atoms with Gasteiger partial charge in [-0.05, 0) is 31.7 Å². The lowest BCUT2D eigenvalue weighted by atomic mass is 10.0. The maximum Gasteiger partial charge on any atom is 0.321 e. The van der Waals surface area contributed by atoms with Gasteiger partial charge in [-0.3, -0.25) is 15.0 Å². The standard InChI is InChI=1S/C13H25N3O3/c1-9(2)6-14-13(19)15-12(18)8-16-5-4-11(7-16)10(3)17/h9-11,17H,4-8H2,1-3H3,(H2,14,15,18,19). The van der Waals surface area contributed by atoms with Crippen molar-refractivity contribution >= 4 is 11.9 Å². The Morgan fingerprint density at radius 1 is 1.37 bits per heavy atom. The third-order valence-corrected chi connectivity index (χ3v) is 3.28. The maximum absolute atomic E-state index is 11.7. The highest BCUT2D eigenvalue weighted by atomic mass is 16.3. The minimum atomic E-state index is -0.440. The van der Waals surface area contributed by atoms with E-state index in [4.69, 9.17) is 0 Å². The zero-order valence-corrected chi connectivity index (χ0v) is 12.0. The number of nitrogens with zero attached hydrogens (tertiary/aromatic N) is 1. The molecule has 1 saturated heterocycles. The van der Waals surface area contributed by atoms with Crippen LogP contribution >= 0.6 is 0 Å². The second-order valence-electron chi connectivity index (χ2n) is 5.68. The Morgan fingerprint density at radius 2 is 2.05 bits per heavy atom. The highest BCUT2D eigenvalue weighted by Crippen LogP contribution is 2.18. The first-order chi connectivity index (χ1) is 8.88. The first-order valence-electron chi connectivity index (χ1n) is 6.86. The molecule has 1 aliphatic rings. The number of aliphatic hydroxyl groups is 1. The van der Waals surface area contributed by atoms with Gasteiger partial charge in [-0.25, -0.2) is 4.79 Å². The monoisotopic (exact) mass is 271 g/mol. The molecule has 0 aromatic rings. The Kier molecular flexibility index (Phi) is 6.24. The van der Waals surface area contributed by atoms with Gasteiger partial charge >= 0.3 is 6.03 Å². The van der Waals surface area contributed by atoms with Crippen LogP contribution in [0.15, 0.2) is 0 Å². The molecule has 110 valence electrons. The first kappa shape index (κ1) is 15.9. The topological polar surface area (TPSA) is 81.7 Å². The van der Waals surface area contributed by atoms with Crippen LogP contribution in [0, 0.1) is 11.8 Å². The van der Waals surface area contributed by atoms with Crippen LogP contribution in [0.5, 0.6) is 0 Å². The third kappa shape index (κ3) is 6.02. The van der Waals surface area contributed by atoms with Crippen molar-refractivity contribution in [3.05, 3.63) is 0 Å². The molecule has 1 aliphatic heterocycles. The van der Waals surface area contributed by atoms with Crippen molar-refractivity contribution in [2.45, 2.75) is 33.3 Å². The minimum Gasteiger partial charge on any atom is -0.393 e. The van der Waals surface area contributed by atoms with Gasteiger partial charge in [-0.15, -0.1) is 0 Å². The van der Waals surface area contributed by atoms with E-state index in [1.807, 2.05) is 18.7 Å². The molecule has 2 atom stereocenters. The molecule has 0 bridgehead atoms. The quantitative estimate of drug-likeness (QED) is 0.666. The van der Waals surface area contributed by atoms with Crippen LogP contribution in [0.25, 0.3) is 0 Å². The Balaban J connectivity index is 2.23. The number of likely N-dealkylation sites (tertiary alicyclic amines) is 1. The van der Waals surface area contributed by atoms with Crippen LogP contribution in [-0.2, 0) is 4.79 Å². The predicted octanol–water partition coefficient (Wildman–Crippen LogP) is 0.171. The summed E-state index contributed by atoms with van der Waals surface area (Å²) in [4.78, 5) is 25.0. The van der Waals surface area contributed by atoms with Crippen molar-refractivity contribution in [2.75, 3.05) is 26.2 Å². The molecule has 3 amide bonds. The van der Waals surface area contributed by atoms with E-state index in [0.717, 1.165) is 13.0 Å². The van der Waals surface area contributed by atoms with Crippen LogP contribution in [0.3, 0.4) is 0 Å². The average molecular weight is 271 g/mol. The maximum atomic E-state index is 11.7. The number of hydrogen-bond acceptors (Lipinski definition) is 4. The summed E-state index contributed by atoms with van der Waals surface area (Å²) in [7, 11) is 0. The van der Waals surface area contributed by atoms with Gasteiger partial charge < -0.3 is 10.4 Å². The van der Waals surface area contributed by atoms with E-state index < -0.39 is 6.03 Å². The van der Waals surface area contributed by atoms with Gasteiger partial charge in [-0.1, -0.05) is 13.8 Å². The second-order valence-corrected chi connectivity index (χ2v) is 5.68. The highest BCUT2D eigenvalue weighted by molar-refractivity contribution is 5.95. The van der Waals surface area contributed by atoms with Crippen molar-refractivity contribution < 1.29 is 14.7 Å². The molecule has 1 fully saturated rings. The first-order valence-corrected chi connectivity index (χ1v) is 6.86. The number of carbonyl (C=O) groups is 2. The molecule has 6 nitrogen and oxygen atoms in total. The number of imide groups is 1. The number of rotatable bonds is 5. The molecule has 0 spiro atoms. The molecule has 3 N–H and O–H groups in total. The van der Waals surface area contributed by atoms with Crippen molar-refractivity contribution in [3.63, 3.8) is 0 Å². The molecule has 19 heavy (non-hydrogen) atoms. The summed E-state index contributed by atoms with van der Waals surface area (Å²) in [5.41, 5.74) is 0. The number of aliphatic hydroxyl groups excluding tert-OH is 1. The van der Waals surface area contributed by atoms with Gasteiger partial charge in [0.2, 0.25) is 5.91 Å². The molecule has 2 unspecified atom stereocenters. The van der Waals surface area contributed by atoms with Crippen LogP contribution in [0.1, 0.15) is 27.2 Å². The largest absolute Gasteiger partial charge is 0.393 e. The molecule has 0 aliphatic carbocycles. The molecule has 0 aromatic heterocycles. The second kappa shape index (κ2) is 7.45. The van der Waals surface area contributed by atoms with Gasteiger partial charge in [0, 0.05) is 13.1 Å². The number of carbonyl (C=O) groups excluding carboxylic acids is 2. The zero-order valence-electron chi connectivity index (χ0n) is 12.0. The predicted molar refractivity (Wildman–Crippen MR) is 72.6 cm³/mol. The van der Waals surface area contributed by atoms with E-state index in [0.29, 0.717) is 19.0 Å². The summed E-state index contributed by atoms with van der Waals surface area (Å²) in [5, 5.41) is 14.4. The summed E-state index contributed by atoms with van der Waals surface area (Å²) in [6.45, 7) is 8.00. The fraction of sp³-hybridized carbons (Fsp3) is 0.846. The smallest absolute Gasteiger partial charge is 0.321 e. The SMILES string of the molecule is CC(C)CNC(=O)NC(=O)CN1CCC(C(C)O)C1. The van der Waals surface area contributed by atoms with Gasteiger partial charge in [0.15, 0.2) is 0 Å². The van der Waals surface area contributed by atoms with Crippen molar-refractivity contribution in [1.82, 2.24) is 15.5 Å². The Morgan fingerprint density at radius 3 is 2.58 bits per heavy atom. The summed E-state index contributed by atoms with van der Waals surface area (Å²) < 4.78 is 0. The van der Waals surface area contributed by atoms with E-state index in [-0.39, 0.29) is 24.5 Å². The van der Waals surface area contributed by atoms with E-state index >= 15 is 0 Å². The number of urea groups is 1. The number of nitrogens with one attached hydrogen (secondary N) is 2. The molecule has 1 heterocycles. The molecule has 0 radical (unpaired) electrons. The highest BCUT2D eigenvalue weighted by Gasteiger charge is 2.27. The van der Waals surface area contributed by atoms with Crippen LogP contribution in [-0.4, -0.2) is 54.2 Å². The molecular weight excluding hydrogens is 246 g/mol. The van der Waals surface area contributed by atoms with Crippen molar-refractivity contribution in [1.29, 1.82) is 0 Å². The van der Waals surface area contributed by atoms with Crippen molar-refractivity contribution in [2.24, 2.45) is 11.8 Å². The summed E-state index contributed by atoms with van der Waals surface area (Å²) in [6.07, 6.45) is 0.548. The Hall–Kier alpha value is -1.14. The molecule has 6 heteroatoms. The summed E-state index contributed by atoms with van der Waals surface area (Å²) in [6, 6.07) is -0.440. The lowest BCUT2D eigenvalue weighted by molar-refractivity contribution is -0.121. The lowest BCUT2D eigenvalue weighted by Crippen LogP contribution is -2.45.